The maximum Gasteiger partial charge on any atom is 0.152 e. The number of halogens is 1. The van der Waals surface area contributed by atoms with Gasteiger partial charge in [0.25, 0.3) is 0 Å². The van der Waals surface area contributed by atoms with Crippen molar-refractivity contribution in [3.63, 3.8) is 0 Å². The van der Waals surface area contributed by atoms with E-state index in [1.807, 2.05) is 4.52 Å². The van der Waals surface area contributed by atoms with Gasteiger partial charge in [-0.15, -0.1) is 0 Å². The molecule has 0 radical (unpaired) electrons. The SMILES string of the molecule is CC(C)(C)N1CCC(c2cc(Br)c3c(N)ncnn23)C1. The third-order valence-corrected chi connectivity index (χ3v) is 4.72. The molecule has 1 atom stereocenters. The van der Waals surface area contributed by atoms with Crippen molar-refractivity contribution in [2.24, 2.45) is 0 Å². The van der Waals surface area contributed by atoms with Gasteiger partial charge in [-0.3, -0.25) is 4.90 Å². The normalized spacial score (nSPS) is 20.9. The molecule has 1 aliphatic heterocycles. The second kappa shape index (κ2) is 4.70. The fourth-order valence-corrected chi connectivity index (χ4v) is 3.55. The number of nitrogens with zero attached hydrogens (tertiary/aromatic N) is 4. The molecule has 5 nitrogen and oxygen atoms in total. The zero-order valence-electron chi connectivity index (χ0n) is 12.1. The van der Waals surface area contributed by atoms with Crippen LogP contribution in [0.25, 0.3) is 5.52 Å². The fourth-order valence-electron chi connectivity index (χ4n) is 2.95. The fraction of sp³-hybridized carbons (Fsp3) is 0.571. The summed E-state index contributed by atoms with van der Waals surface area (Å²) in [6, 6.07) is 2.14. The Balaban J connectivity index is 1.99. The predicted molar refractivity (Wildman–Crippen MR) is 83.8 cm³/mol. The second-order valence-electron chi connectivity index (χ2n) is 6.43. The lowest BCUT2D eigenvalue weighted by atomic mass is 10.0. The van der Waals surface area contributed by atoms with Gasteiger partial charge in [0.2, 0.25) is 0 Å². The molecule has 1 aliphatic rings. The molecule has 1 fully saturated rings. The molecule has 1 saturated heterocycles. The number of anilines is 1. The van der Waals surface area contributed by atoms with E-state index >= 15 is 0 Å². The van der Waals surface area contributed by atoms with Gasteiger partial charge in [0.1, 0.15) is 11.8 Å². The van der Waals surface area contributed by atoms with Gasteiger partial charge in [0, 0.05) is 28.2 Å². The van der Waals surface area contributed by atoms with Crippen LogP contribution in [-0.2, 0) is 0 Å². The molecule has 20 heavy (non-hydrogen) atoms. The molecule has 108 valence electrons. The van der Waals surface area contributed by atoms with Crippen LogP contribution >= 0.6 is 15.9 Å². The molecule has 2 aromatic rings. The van der Waals surface area contributed by atoms with Crippen LogP contribution in [0.5, 0.6) is 0 Å². The first-order chi connectivity index (χ1) is 9.38. The van der Waals surface area contributed by atoms with Crippen LogP contribution in [-0.4, -0.2) is 38.1 Å². The highest BCUT2D eigenvalue weighted by Gasteiger charge is 2.32. The molecule has 0 spiro atoms. The van der Waals surface area contributed by atoms with Gasteiger partial charge in [-0.25, -0.2) is 9.50 Å². The Hall–Kier alpha value is -1.14. The van der Waals surface area contributed by atoms with Crippen molar-refractivity contribution >= 4 is 27.3 Å². The van der Waals surface area contributed by atoms with Crippen LogP contribution < -0.4 is 5.73 Å². The summed E-state index contributed by atoms with van der Waals surface area (Å²) in [7, 11) is 0. The summed E-state index contributed by atoms with van der Waals surface area (Å²) < 4.78 is 2.91. The van der Waals surface area contributed by atoms with Gasteiger partial charge < -0.3 is 5.73 Å². The summed E-state index contributed by atoms with van der Waals surface area (Å²) >= 11 is 3.58. The average Bonchev–Trinajstić information content (AvgIpc) is 2.94. The molecule has 1 unspecified atom stereocenters. The van der Waals surface area contributed by atoms with E-state index < -0.39 is 0 Å². The predicted octanol–water partition coefficient (Wildman–Crippen LogP) is 2.66. The van der Waals surface area contributed by atoms with Gasteiger partial charge in [0.15, 0.2) is 5.82 Å². The summed E-state index contributed by atoms with van der Waals surface area (Å²) in [6.07, 6.45) is 2.68. The van der Waals surface area contributed by atoms with Gasteiger partial charge in [0.05, 0.1) is 0 Å². The van der Waals surface area contributed by atoms with Crippen molar-refractivity contribution in [2.45, 2.75) is 38.6 Å². The van der Waals surface area contributed by atoms with Crippen molar-refractivity contribution in [1.29, 1.82) is 0 Å². The molecule has 0 saturated carbocycles. The van der Waals surface area contributed by atoms with Crippen LogP contribution in [0.1, 0.15) is 38.8 Å². The van der Waals surface area contributed by atoms with E-state index in [2.05, 4.69) is 57.8 Å². The third kappa shape index (κ3) is 2.20. The Morgan fingerprint density at radius 2 is 2.15 bits per heavy atom. The molecule has 6 heteroatoms. The van der Waals surface area contributed by atoms with E-state index in [1.165, 1.54) is 12.0 Å². The number of aromatic nitrogens is 3. The topological polar surface area (TPSA) is 59.5 Å². The first kappa shape index (κ1) is 13.8. The molecule has 0 aliphatic carbocycles. The van der Waals surface area contributed by atoms with Gasteiger partial charge in [-0.1, -0.05) is 0 Å². The van der Waals surface area contributed by atoms with Gasteiger partial charge in [-0.05, 0) is 55.7 Å². The van der Waals surface area contributed by atoms with E-state index in [9.17, 15) is 0 Å². The number of rotatable bonds is 1. The zero-order valence-corrected chi connectivity index (χ0v) is 13.7. The van der Waals surface area contributed by atoms with E-state index in [0.717, 1.165) is 29.5 Å². The first-order valence-electron chi connectivity index (χ1n) is 6.90. The van der Waals surface area contributed by atoms with Crippen molar-refractivity contribution in [3.05, 3.63) is 22.6 Å². The van der Waals surface area contributed by atoms with E-state index in [1.54, 1.807) is 0 Å². The monoisotopic (exact) mass is 337 g/mol. The summed E-state index contributed by atoms with van der Waals surface area (Å²) in [5, 5.41) is 4.37. The zero-order chi connectivity index (χ0) is 14.5. The van der Waals surface area contributed by atoms with Gasteiger partial charge in [-0.2, -0.15) is 5.10 Å². The lowest BCUT2D eigenvalue weighted by Crippen LogP contribution is -2.39. The van der Waals surface area contributed by atoms with Crippen molar-refractivity contribution < 1.29 is 0 Å². The van der Waals surface area contributed by atoms with Crippen molar-refractivity contribution in [2.75, 3.05) is 18.8 Å². The Morgan fingerprint density at radius 3 is 2.80 bits per heavy atom. The van der Waals surface area contributed by atoms with E-state index in [-0.39, 0.29) is 5.54 Å². The lowest BCUT2D eigenvalue weighted by molar-refractivity contribution is 0.172. The second-order valence-corrected chi connectivity index (χ2v) is 7.28. The minimum Gasteiger partial charge on any atom is -0.382 e. The molecule has 2 aromatic heterocycles. The van der Waals surface area contributed by atoms with Crippen LogP contribution in [0.2, 0.25) is 0 Å². The molecule has 0 amide bonds. The highest BCUT2D eigenvalue weighted by Crippen LogP contribution is 2.35. The van der Waals surface area contributed by atoms with Crippen molar-refractivity contribution in [1.82, 2.24) is 19.5 Å². The smallest absolute Gasteiger partial charge is 0.152 e. The summed E-state index contributed by atoms with van der Waals surface area (Å²) in [5.41, 5.74) is 8.26. The summed E-state index contributed by atoms with van der Waals surface area (Å²) in [6.45, 7) is 8.98. The Labute approximate surface area is 127 Å². The quantitative estimate of drug-likeness (QED) is 0.868. The molecule has 2 N–H and O–H groups in total. The van der Waals surface area contributed by atoms with E-state index in [4.69, 9.17) is 5.73 Å². The largest absolute Gasteiger partial charge is 0.382 e. The molecular weight excluding hydrogens is 318 g/mol. The standard InChI is InChI=1S/C14H20BrN5/c1-14(2,3)19-5-4-9(7-19)11-6-10(15)12-13(16)17-8-18-20(11)12/h6,8-9H,4-5,7H2,1-3H3,(H2,16,17,18). The Bertz CT molecular complexity index is 643. The lowest BCUT2D eigenvalue weighted by Gasteiger charge is -2.31. The first-order valence-corrected chi connectivity index (χ1v) is 7.70. The van der Waals surface area contributed by atoms with Crippen LogP contribution in [0.3, 0.4) is 0 Å². The third-order valence-electron chi connectivity index (χ3n) is 4.12. The summed E-state index contributed by atoms with van der Waals surface area (Å²) in [4.78, 5) is 6.59. The number of nitrogens with two attached hydrogens (primary N) is 1. The maximum atomic E-state index is 5.95. The summed E-state index contributed by atoms with van der Waals surface area (Å²) in [5.74, 6) is 1.01. The Kier molecular flexibility index (Phi) is 3.25. The average molecular weight is 338 g/mol. The molecule has 3 rings (SSSR count). The number of hydrogen-bond acceptors (Lipinski definition) is 4. The molecule has 3 heterocycles. The number of nitrogen functional groups attached to an aromatic ring is 1. The maximum absolute atomic E-state index is 5.95. The molecule has 0 bridgehead atoms. The van der Waals surface area contributed by atoms with E-state index in [0.29, 0.717) is 11.7 Å². The highest BCUT2D eigenvalue weighted by atomic mass is 79.9. The Morgan fingerprint density at radius 1 is 1.40 bits per heavy atom. The van der Waals surface area contributed by atoms with Crippen LogP contribution in [0.4, 0.5) is 5.82 Å². The number of likely N-dealkylation sites (tertiary alicyclic amines) is 1. The number of fused-ring (bicyclic) bond motifs is 1. The van der Waals surface area contributed by atoms with Gasteiger partial charge >= 0.3 is 0 Å². The minimum atomic E-state index is 0.215. The number of hydrogen-bond donors (Lipinski definition) is 1. The molecular formula is C14H20BrN5. The highest BCUT2D eigenvalue weighted by molar-refractivity contribution is 9.10. The van der Waals surface area contributed by atoms with Crippen molar-refractivity contribution in [3.8, 4) is 0 Å². The van der Waals surface area contributed by atoms with Crippen LogP contribution in [0, 0.1) is 0 Å². The minimum absolute atomic E-state index is 0.215. The van der Waals surface area contributed by atoms with Crippen LogP contribution in [0.15, 0.2) is 16.9 Å². The molecule has 0 aromatic carbocycles.